The maximum absolute atomic E-state index is 10.5. The second-order valence-corrected chi connectivity index (χ2v) is 10.6. The summed E-state index contributed by atoms with van der Waals surface area (Å²) in [6.07, 6.45) is 30.1. The summed E-state index contributed by atoms with van der Waals surface area (Å²) in [4.78, 5) is 0. The van der Waals surface area contributed by atoms with Gasteiger partial charge in [-0.25, -0.2) is 0 Å². The van der Waals surface area contributed by atoms with E-state index in [-0.39, 0.29) is 0 Å². The molecule has 2 heteroatoms. The van der Waals surface area contributed by atoms with Gasteiger partial charge in [-0.3, -0.25) is 0 Å². The molecule has 0 aliphatic heterocycles. The van der Waals surface area contributed by atoms with E-state index in [1.54, 1.807) is 0 Å². The molecule has 0 heterocycles. The van der Waals surface area contributed by atoms with Crippen molar-refractivity contribution < 1.29 is 3.02 Å². The molecular formula is C23H49OSb. The van der Waals surface area contributed by atoms with Gasteiger partial charge in [-0.2, -0.15) is 0 Å². The Kier molecular flexibility index (Phi) is 25.2. The summed E-state index contributed by atoms with van der Waals surface area (Å²) in [5.41, 5.74) is 0. The van der Waals surface area contributed by atoms with Crippen molar-refractivity contribution in [1.29, 1.82) is 0 Å². The van der Waals surface area contributed by atoms with Crippen molar-refractivity contribution in [3.05, 3.63) is 0 Å². The third-order valence-electron chi connectivity index (χ3n) is 5.43. The van der Waals surface area contributed by atoms with E-state index in [0.717, 1.165) is 4.37 Å². The number of hydrogen-bond donors (Lipinski definition) is 0. The normalized spacial score (nSPS) is 11.7. The van der Waals surface area contributed by atoms with Crippen LogP contribution in [0.1, 0.15) is 142 Å². The summed E-state index contributed by atoms with van der Waals surface area (Å²) in [5.74, 6) is 0. The van der Waals surface area contributed by atoms with Gasteiger partial charge in [-0.1, -0.05) is 71.1 Å². The Bertz CT molecular complexity index is 242. The number of hydrogen-bond acceptors (Lipinski definition) is 1. The second-order valence-electron chi connectivity index (χ2n) is 8.03. The van der Waals surface area contributed by atoms with Crippen LogP contribution in [0.2, 0.25) is 4.37 Å². The van der Waals surface area contributed by atoms with Crippen LogP contribution in [0.4, 0.5) is 0 Å². The van der Waals surface area contributed by atoms with Gasteiger partial charge in [0.15, 0.2) is 0 Å². The standard InChI is InChI=1S/C23H47.O.Sb.2H/c1-3-5-7-9-11-13-15-17-19-21-23-22-20-18-16-14-12-10-8-6-4-2;;;;/h1,3-23H2,2H3;;;;. The molecule has 0 saturated heterocycles. The summed E-state index contributed by atoms with van der Waals surface area (Å²) < 4.78 is 11.6. The fourth-order valence-electron chi connectivity index (χ4n) is 3.66. The van der Waals surface area contributed by atoms with E-state index in [2.05, 4.69) is 6.92 Å². The molecule has 0 atom stereocenters. The first-order valence-corrected chi connectivity index (χ1v) is 15.5. The fraction of sp³-hybridized carbons (Fsp3) is 1.00. The van der Waals surface area contributed by atoms with Gasteiger partial charge >= 0.3 is 99.6 Å². The van der Waals surface area contributed by atoms with Gasteiger partial charge in [-0.05, 0) is 0 Å². The summed E-state index contributed by atoms with van der Waals surface area (Å²) in [5, 5.41) is 0. The van der Waals surface area contributed by atoms with Gasteiger partial charge in [-0.15, -0.1) is 0 Å². The van der Waals surface area contributed by atoms with Crippen LogP contribution >= 0.6 is 0 Å². The summed E-state index contributed by atoms with van der Waals surface area (Å²) in [7, 11) is 0. The monoisotopic (exact) mass is 462 g/mol. The van der Waals surface area contributed by atoms with Crippen molar-refractivity contribution >= 4 is 21.6 Å². The van der Waals surface area contributed by atoms with Crippen LogP contribution < -0.4 is 0 Å². The summed E-state index contributed by atoms with van der Waals surface area (Å²) >= 11 is -1.29. The average molecular weight is 463 g/mol. The van der Waals surface area contributed by atoms with Gasteiger partial charge in [0.2, 0.25) is 0 Å². The van der Waals surface area contributed by atoms with Crippen molar-refractivity contribution in [1.82, 2.24) is 0 Å². The van der Waals surface area contributed by atoms with E-state index in [4.69, 9.17) is 0 Å². The van der Waals surface area contributed by atoms with E-state index in [0.29, 0.717) is 0 Å². The zero-order valence-electron chi connectivity index (χ0n) is 17.5. The van der Waals surface area contributed by atoms with Crippen LogP contribution in [0.25, 0.3) is 0 Å². The molecule has 0 aromatic rings. The Morgan fingerprint density at radius 2 is 0.640 bits per heavy atom. The van der Waals surface area contributed by atoms with Crippen molar-refractivity contribution in [2.45, 2.75) is 146 Å². The maximum atomic E-state index is 10.5. The van der Waals surface area contributed by atoms with E-state index >= 15 is 0 Å². The quantitative estimate of drug-likeness (QED) is 0.117. The predicted octanol–water partition coefficient (Wildman–Crippen LogP) is 8.13. The molecular weight excluding hydrogens is 414 g/mol. The molecule has 0 unspecified atom stereocenters. The topological polar surface area (TPSA) is 17.1 Å². The molecule has 152 valence electrons. The van der Waals surface area contributed by atoms with Gasteiger partial charge in [0.05, 0.1) is 0 Å². The van der Waals surface area contributed by atoms with Crippen LogP contribution in [-0.4, -0.2) is 21.6 Å². The summed E-state index contributed by atoms with van der Waals surface area (Å²) in [6, 6.07) is 0. The van der Waals surface area contributed by atoms with Crippen molar-refractivity contribution in [2.75, 3.05) is 0 Å². The minimum atomic E-state index is -1.29. The molecule has 0 aromatic heterocycles. The van der Waals surface area contributed by atoms with E-state index < -0.39 is 21.6 Å². The average Bonchev–Trinajstić information content (AvgIpc) is 2.63. The van der Waals surface area contributed by atoms with Gasteiger partial charge < -0.3 is 0 Å². The predicted molar refractivity (Wildman–Crippen MR) is 117 cm³/mol. The molecule has 0 fully saturated rings. The van der Waals surface area contributed by atoms with Crippen molar-refractivity contribution in [3.63, 3.8) is 0 Å². The first-order valence-electron chi connectivity index (χ1n) is 11.9. The molecule has 0 radical (unpaired) electrons. The SMILES string of the molecule is CCCCCCCCCCCCCCCCCCCCCC[CH2][SbH2]=[O]. The Hall–Kier alpha value is 0.618. The Labute approximate surface area is 170 Å². The van der Waals surface area contributed by atoms with Crippen LogP contribution in [0.5, 0.6) is 0 Å². The van der Waals surface area contributed by atoms with Crippen LogP contribution in [-0.2, 0) is 3.02 Å². The minimum absolute atomic E-state index is 1.08. The molecule has 25 heavy (non-hydrogen) atoms. The Morgan fingerprint density at radius 3 is 0.880 bits per heavy atom. The van der Waals surface area contributed by atoms with Crippen molar-refractivity contribution in [3.8, 4) is 0 Å². The first kappa shape index (κ1) is 25.6. The van der Waals surface area contributed by atoms with Gasteiger partial charge in [0, 0.05) is 0 Å². The van der Waals surface area contributed by atoms with E-state index in [1.165, 1.54) is 135 Å². The fourth-order valence-corrected chi connectivity index (χ4v) is 4.96. The molecule has 0 rings (SSSR count). The summed E-state index contributed by atoms with van der Waals surface area (Å²) in [6.45, 7) is 2.30. The molecule has 0 saturated carbocycles. The Balaban J connectivity index is 2.95. The first-order chi connectivity index (χ1) is 12.4. The molecule has 0 bridgehead atoms. The Morgan fingerprint density at radius 1 is 0.400 bits per heavy atom. The molecule has 0 spiro atoms. The van der Waals surface area contributed by atoms with Crippen LogP contribution in [0, 0.1) is 0 Å². The van der Waals surface area contributed by atoms with Crippen LogP contribution in [0.3, 0.4) is 0 Å². The van der Waals surface area contributed by atoms with Gasteiger partial charge in [0.1, 0.15) is 0 Å². The van der Waals surface area contributed by atoms with Crippen LogP contribution in [0.15, 0.2) is 0 Å². The third-order valence-corrected chi connectivity index (χ3v) is 7.26. The molecule has 0 aliphatic rings. The second kappa shape index (κ2) is 24.6. The zero-order valence-corrected chi connectivity index (χ0v) is 20.8. The number of unbranched alkanes of at least 4 members (excludes halogenated alkanes) is 20. The zero-order chi connectivity index (χ0) is 18.3. The molecule has 1 nitrogen and oxygen atoms in total. The number of rotatable bonds is 22. The van der Waals surface area contributed by atoms with E-state index in [1.807, 2.05) is 0 Å². The molecule has 0 N–H and O–H groups in total. The molecule has 0 amide bonds. The van der Waals surface area contributed by atoms with Crippen molar-refractivity contribution in [2.24, 2.45) is 0 Å². The van der Waals surface area contributed by atoms with E-state index in [9.17, 15) is 3.02 Å². The molecule has 0 aromatic carbocycles. The molecule has 0 aliphatic carbocycles. The third kappa shape index (κ3) is 24.6. The van der Waals surface area contributed by atoms with Gasteiger partial charge in [0.25, 0.3) is 0 Å².